The van der Waals surface area contributed by atoms with Crippen molar-refractivity contribution in [1.82, 2.24) is 15.4 Å². The molecule has 2 aromatic heterocycles. The van der Waals surface area contributed by atoms with E-state index >= 15 is 0 Å². The highest BCUT2D eigenvalue weighted by Crippen LogP contribution is 2.36. The van der Waals surface area contributed by atoms with Gasteiger partial charge in [0, 0.05) is 22.9 Å². The monoisotopic (exact) mass is 395 g/mol. The first-order valence-electron chi connectivity index (χ1n) is 9.79. The van der Waals surface area contributed by atoms with E-state index in [1.165, 1.54) is 11.1 Å². The van der Waals surface area contributed by atoms with E-state index in [1.807, 2.05) is 30.5 Å². The lowest BCUT2D eigenvalue weighted by Crippen LogP contribution is -2.33. The molecule has 7 heteroatoms. The third kappa shape index (κ3) is 3.22. The number of aromatic amines is 1. The minimum Gasteiger partial charge on any atom is -0.474 e. The van der Waals surface area contributed by atoms with Crippen molar-refractivity contribution in [3.8, 4) is 5.88 Å². The fourth-order valence-corrected chi connectivity index (χ4v) is 4.66. The third-order valence-corrected chi connectivity index (χ3v) is 6.06. The smallest absolute Gasteiger partial charge is 0.213 e. The Morgan fingerprint density at radius 2 is 2.04 bits per heavy atom. The molecule has 0 spiro atoms. The first-order valence-corrected chi connectivity index (χ1v) is 10.2. The number of halogens is 1. The van der Waals surface area contributed by atoms with Crippen molar-refractivity contribution in [2.45, 2.75) is 38.3 Å². The van der Waals surface area contributed by atoms with Gasteiger partial charge < -0.3 is 15.1 Å². The standard InChI is InChI=1S/C21H22ClN5O/c22-16-8-10-24-20-15-11-25-26-12-17(15)27-21(20)19(16)13-4-6-14(7-5-13)28-18-3-1-2-9-23-18/h1-3,8-9,12-14,25,27H,4-7,10-11H2/t13-,14-. The van der Waals surface area contributed by atoms with Crippen LogP contribution in [0.3, 0.4) is 0 Å². The maximum absolute atomic E-state index is 6.73. The van der Waals surface area contributed by atoms with E-state index in [2.05, 4.69) is 20.5 Å². The maximum Gasteiger partial charge on any atom is 0.213 e. The Balaban J connectivity index is 1.43. The highest BCUT2D eigenvalue weighted by atomic mass is 35.5. The lowest BCUT2D eigenvalue weighted by atomic mass is 9.82. The van der Waals surface area contributed by atoms with Crippen molar-refractivity contribution < 1.29 is 4.74 Å². The van der Waals surface area contributed by atoms with Crippen LogP contribution in [0.15, 0.2) is 45.6 Å². The Hall–Kier alpha value is -2.60. The summed E-state index contributed by atoms with van der Waals surface area (Å²) >= 11 is 6.73. The number of nitrogens with one attached hydrogen (secondary N) is 2. The van der Waals surface area contributed by atoms with Crippen LogP contribution in [0.1, 0.15) is 36.9 Å². The molecular weight excluding hydrogens is 374 g/mol. The predicted octanol–water partition coefficient (Wildman–Crippen LogP) is 2.39. The average molecular weight is 396 g/mol. The molecule has 0 atom stereocenters. The maximum atomic E-state index is 6.73. The number of aromatic nitrogens is 2. The van der Waals surface area contributed by atoms with Crippen molar-refractivity contribution >= 4 is 23.4 Å². The summed E-state index contributed by atoms with van der Waals surface area (Å²) in [7, 11) is 0. The molecule has 4 heterocycles. The van der Waals surface area contributed by atoms with E-state index in [1.54, 1.807) is 6.20 Å². The average Bonchev–Trinajstić information content (AvgIpc) is 3.00. The molecule has 2 aliphatic heterocycles. The summed E-state index contributed by atoms with van der Waals surface area (Å²) in [6, 6.07) is 5.77. The van der Waals surface area contributed by atoms with E-state index < -0.39 is 0 Å². The number of ether oxygens (including phenoxy) is 1. The molecule has 144 valence electrons. The summed E-state index contributed by atoms with van der Waals surface area (Å²) in [5.41, 5.74) is 6.44. The molecule has 1 saturated carbocycles. The van der Waals surface area contributed by atoms with E-state index in [9.17, 15) is 0 Å². The Bertz CT molecular complexity index is 1050. The number of nitrogens with zero attached hydrogens (tertiary/aromatic N) is 3. The molecule has 1 aliphatic carbocycles. The molecule has 1 fully saturated rings. The van der Waals surface area contributed by atoms with Crippen LogP contribution in [0, 0.1) is 5.92 Å². The van der Waals surface area contributed by atoms with Crippen LogP contribution in [0.4, 0.5) is 0 Å². The summed E-state index contributed by atoms with van der Waals surface area (Å²) < 4.78 is 6.06. The Labute approximate surface area is 168 Å². The normalized spacial score (nSPS) is 23.6. The zero-order chi connectivity index (χ0) is 18.9. The topological polar surface area (TPSA) is 74.7 Å². The van der Waals surface area contributed by atoms with Crippen molar-refractivity contribution in [2.24, 2.45) is 16.0 Å². The van der Waals surface area contributed by atoms with Gasteiger partial charge in [0.15, 0.2) is 0 Å². The molecule has 3 aliphatic rings. The van der Waals surface area contributed by atoms with Crippen molar-refractivity contribution in [3.05, 3.63) is 57.5 Å². The van der Waals surface area contributed by atoms with Crippen molar-refractivity contribution in [3.63, 3.8) is 0 Å². The second-order valence-corrected chi connectivity index (χ2v) is 7.81. The molecule has 28 heavy (non-hydrogen) atoms. The second kappa shape index (κ2) is 7.43. The third-order valence-electron chi connectivity index (χ3n) is 5.70. The first kappa shape index (κ1) is 17.5. The van der Waals surface area contributed by atoms with E-state index in [-0.39, 0.29) is 6.10 Å². The molecule has 0 aromatic carbocycles. The van der Waals surface area contributed by atoms with Gasteiger partial charge in [-0.15, -0.1) is 0 Å². The lowest BCUT2D eigenvalue weighted by Gasteiger charge is -2.30. The molecule has 2 aromatic rings. The number of hydrogen-bond acceptors (Lipinski definition) is 5. The minimum atomic E-state index is 0.206. The number of H-pyrrole nitrogens is 1. The van der Waals surface area contributed by atoms with E-state index in [4.69, 9.17) is 21.3 Å². The molecule has 0 bridgehead atoms. The van der Waals surface area contributed by atoms with Gasteiger partial charge in [-0.2, -0.15) is 5.10 Å². The lowest BCUT2D eigenvalue weighted by molar-refractivity contribution is 0.137. The van der Waals surface area contributed by atoms with Gasteiger partial charge in [0.1, 0.15) is 6.10 Å². The molecule has 2 N–H and O–H groups in total. The predicted molar refractivity (Wildman–Crippen MR) is 109 cm³/mol. The Morgan fingerprint density at radius 3 is 2.86 bits per heavy atom. The molecule has 6 nitrogen and oxygen atoms in total. The number of rotatable bonds is 3. The highest BCUT2D eigenvalue weighted by molar-refractivity contribution is 6.35. The van der Waals surface area contributed by atoms with Crippen LogP contribution in [-0.2, 0) is 6.54 Å². The van der Waals surface area contributed by atoms with Crippen LogP contribution >= 0.6 is 11.6 Å². The number of hydrogen-bond donors (Lipinski definition) is 2. The zero-order valence-electron chi connectivity index (χ0n) is 15.5. The largest absolute Gasteiger partial charge is 0.474 e. The van der Waals surface area contributed by atoms with Gasteiger partial charge in [-0.05, 0) is 49.3 Å². The van der Waals surface area contributed by atoms with Gasteiger partial charge >= 0.3 is 0 Å². The van der Waals surface area contributed by atoms with E-state index in [0.29, 0.717) is 24.9 Å². The molecule has 5 rings (SSSR count). The summed E-state index contributed by atoms with van der Waals surface area (Å²) in [4.78, 5) is 12.6. The molecule has 0 saturated heterocycles. The molecule has 0 unspecified atom stereocenters. The summed E-state index contributed by atoms with van der Waals surface area (Å²) in [6.45, 7) is 1.30. The first-order chi connectivity index (χ1) is 13.8. The number of pyridine rings is 1. The quantitative estimate of drug-likeness (QED) is 0.837. The van der Waals surface area contributed by atoms with Gasteiger partial charge in [0.05, 0.1) is 35.7 Å². The Morgan fingerprint density at radius 1 is 1.14 bits per heavy atom. The minimum absolute atomic E-state index is 0.206. The number of hydrazone groups is 1. The van der Waals surface area contributed by atoms with Gasteiger partial charge in [-0.25, -0.2) is 4.98 Å². The van der Waals surface area contributed by atoms with Gasteiger partial charge in [0.2, 0.25) is 5.88 Å². The molecule has 0 radical (unpaired) electrons. The van der Waals surface area contributed by atoms with Crippen molar-refractivity contribution in [2.75, 3.05) is 6.54 Å². The van der Waals surface area contributed by atoms with E-state index in [0.717, 1.165) is 47.1 Å². The van der Waals surface area contributed by atoms with Crippen LogP contribution < -0.4 is 20.9 Å². The van der Waals surface area contributed by atoms with Gasteiger partial charge in [-0.3, -0.25) is 4.99 Å². The van der Waals surface area contributed by atoms with Crippen molar-refractivity contribution in [1.29, 1.82) is 0 Å². The Kier molecular flexibility index (Phi) is 4.64. The van der Waals surface area contributed by atoms with Gasteiger partial charge in [-0.1, -0.05) is 17.7 Å². The highest BCUT2D eigenvalue weighted by Gasteiger charge is 2.28. The zero-order valence-corrected chi connectivity index (χ0v) is 16.2. The summed E-state index contributed by atoms with van der Waals surface area (Å²) in [5.74, 6) is 1.10. The number of fused-ring (bicyclic) bond motifs is 3. The van der Waals surface area contributed by atoms with Crippen LogP contribution in [0.5, 0.6) is 5.88 Å². The van der Waals surface area contributed by atoms with Gasteiger partial charge in [0.25, 0.3) is 0 Å². The van der Waals surface area contributed by atoms with Crippen LogP contribution in [0.25, 0.3) is 5.57 Å². The number of allylic oxidation sites excluding steroid dienone is 1. The molecule has 0 amide bonds. The fourth-order valence-electron chi connectivity index (χ4n) is 4.34. The fraction of sp³-hybridized carbons (Fsp3) is 0.381. The summed E-state index contributed by atoms with van der Waals surface area (Å²) in [5, 5.41) is 7.08. The second-order valence-electron chi connectivity index (χ2n) is 7.40. The SMILES string of the molecule is ClC1=CCN=c2c3c([nH]c2=C1[C@H]1CC[C@H](Oc2ccccn2)CC1)C=NNC3. The van der Waals surface area contributed by atoms with Crippen LogP contribution in [0.2, 0.25) is 0 Å². The summed E-state index contributed by atoms with van der Waals surface area (Å²) in [6.07, 6.45) is 9.88. The van der Waals surface area contributed by atoms with Crippen LogP contribution in [-0.4, -0.2) is 28.8 Å². The molecular formula is C21H22ClN5O.